The van der Waals surface area contributed by atoms with Crippen molar-refractivity contribution < 1.29 is 9.90 Å². The van der Waals surface area contributed by atoms with Crippen LogP contribution in [-0.4, -0.2) is 41.6 Å². The summed E-state index contributed by atoms with van der Waals surface area (Å²) in [5, 5.41) is 13.0. The number of nitrogen functional groups attached to an aromatic ring is 1. The fraction of sp³-hybridized carbons (Fsp3) is 0.462. The van der Waals surface area contributed by atoms with Gasteiger partial charge >= 0.3 is 0 Å². The molecule has 5 heteroatoms. The van der Waals surface area contributed by atoms with Crippen molar-refractivity contribution in [3.8, 4) is 0 Å². The molecular weight excluding hydrogens is 230 g/mol. The van der Waals surface area contributed by atoms with E-state index in [0.29, 0.717) is 18.8 Å². The lowest BCUT2D eigenvalue weighted by molar-refractivity contribution is -0.128. The maximum absolute atomic E-state index is 11.5. The van der Waals surface area contributed by atoms with E-state index in [9.17, 15) is 9.90 Å². The lowest BCUT2D eigenvalue weighted by Crippen LogP contribution is -2.54. The molecular formula is C13H19N3O2. The van der Waals surface area contributed by atoms with Gasteiger partial charge in [-0.15, -0.1) is 0 Å². The minimum absolute atomic E-state index is 0.0192. The highest BCUT2D eigenvalue weighted by Crippen LogP contribution is 2.17. The third-order valence-electron chi connectivity index (χ3n) is 3.35. The lowest BCUT2D eigenvalue weighted by atomic mass is 10.1. The van der Waals surface area contributed by atoms with Gasteiger partial charge in [-0.1, -0.05) is 12.1 Å². The molecule has 1 heterocycles. The number of piperazine rings is 1. The summed E-state index contributed by atoms with van der Waals surface area (Å²) in [5.41, 5.74) is 7.11. The Balaban J connectivity index is 2.00. The molecule has 0 radical (unpaired) electrons. The van der Waals surface area contributed by atoms with Crippen molar-refractivity contribution in [2.45, 2.75) is 19.1 Å². The molecule has 0 aliphatic carbocycles. The van der Waals surface area contributed by atoms with Crippen molar-refractivity contribution >= 4 is 11.6 Å². The third-order valence-corrected chi connectivity index (χ3v) is 3.35. The first-order valence-electron chi connectivity index (χ1n) is 6.13. The number of aliphatic hydroxyl groups is 1. The molecule has 1 amide bonds. The van der Waals surface area contributed by atoms with Crippen molar-refractivity contribution in [1.29, 1.82) is 0 Å². The molecule has 2 unspecified atom stereocenters. The first kappa shape index (κ1) is 12.9. The van der Waals surface area contributed by atoms with E-state index in [1.807, 2.05) is 24.0 Å². The smallest absolute Gasteiger partial charge is 0.237 e. The second-order valence-corrected chi connectivity index (χ2v) is 4.64. The SMILES string of the molecule is CC1C(=O)NCCN1CC(O)c1ccc(N)cc1. The molecule has 1 aliphatic heterocycles. The molecule has 1 fully saturated rings. The summed E-state index contributed by atoms with van der Waals surface area (Å²) in [4.78, 5) is 13.5. The van der Waals surface area contributed by atoms with Crippen LogP contribution in [0, 0.1) is 0 Å². The first-order valence-corrected chi connectivity index (χ1v) is 6.13. The van der Waals surface area contributed by atoms with E-state index in [0.717, 1.165) is 12.1 Å². The van der Waals surface area contributed by atoms with Crippen LogP contribution in [0.5, 0.6) is 0 Å². The van der Waals surface area contributed by atoms with Crippen molar-refractivity contribution in [3.63, 3.8) is 0 Å². The Labute approximate surface area is 107 Å². The molecule has 5 nitrogen and oxygen atoms in total. The fourth-order valence-electron chi connectivity index (χ4n) is 2.12. The summed E-state index contributed by atoms with van der Waals surface area (Å²) in [6.07, 6.45) is -0.598. The minimum Gasteiger partial charge on any atom is -0.399 e. The van der Waals surface area contributed by atoms with E-state index < -0.39 is 6.10 Å². The number of β-amino-alcohol motifs (C(OH)–C–C–N with tert-alkyl or cyclic N) is 1. The number of nitrogens with two attached hydrogens (primary N) is 1. The number of nitrogens with one attached hydrogen (secondary N) is 1. The summed E-state index contributed by atoms with van der Waals surface area (Å²) in [6.45, 7) is 3.71. The van der Waals surface area contributed by atoms with Gasteiger partial charge in [0.05, 0.1) is 12.1 Å². The highest BCUT2D eigenvalue weighted by atomic mass is 16.3. The summed E-state index contributed by atoms with van der Waals surface area (Å²) in [6, 6.07) is 6.97. The zero-order valence-corrected chi connectivity index (χ0v) is 10.5. The summed E-state index contributed by atoms with van der Waals surface area (Å²) in [5.74, 6) is 0.0192. The average molecular weight is 249 g/mol. The van der Waals surface area contributed by atoms with Gasteiger partial charge in [0, 0.05) is 25.3 Å². The van der Waals surface area contributed by atoms with Crippen molar-refractivity contribution in [2.24, 2.45) is 0 Å². The Kier molecular flexibility index (Phi) is 3.84. The predicted molar refractivity (Wildman–Crippen MR) is 69.9 cm³/mol. The molecule has 18 heavy (non-hydrogen) atoms. The number of nitrogens with zero attached hydrogens (tertiary/aromatic N) is 1. The Hall–Kier alpha value is -1.59. The molecule has 1 aromatic rings. The lowest BCUT2D eigenvalue weighted by Gasteiger charge is -2.34. The number of aliphatic hydroxyl groups excluding tert-OH is 1. The normalized spacial score (nSPS) is 22.6. The largest absolute Gasteiger partial charge is 0.399 e. The number of amides is 1. The van der Waals surface area contributed by atoms with E-state index in [4.69, 9.17) is 5.73 Å². The number of benzene rings is 1. The van der Waals surface area contributed by atoms with Gasteiger partial charge < -0.3 is 16.2 Å². The highest BCUT2D eigenvalue weighted by molar-refractivity contribution is 5.81. The van der Waals surface area contributed by atoms with Crippen LogP contribution in [0.4, 0.5) is 5.69 Å². The van der Waals surface area contributed by atoms with Gasteiger partial charge in [-0.2, -0.15) is 0 Å². The van der Waals surface area contributed by atoms with Crippen molar-refractivity contribution in [3.05, 3.63) is 29.8 Å². The van der Waals surface area contributed by atoms with Crippen LogP contribution in [0.1, 0.15) is 18.6 Å². The quantitative estimate of drug-likeness (QED) is 0.665. The van der Waals surface area contributed by atoms with Gasteiger partial charge in [-0.25, -0.2) is 0 Å². The molecule has 0 spiro atoms. The fourth-order valence-corrected chi connectivity index (χ4v) is 2.12. The molecule has 98 valence electrons. The van der Waals surface area contributed by atoms with Gasteiger partial charge in [0.1, 0.15) is 0 Å². The topological polar surface area (TPSA) is 78.6 Å². The van der Waals surface area contributed by atoms with Gasteiger partial charge in [-0.05, 0) is 24.6 Å². The van der Waals surface area contributed by atoms with E-state index >= 15 is 0 Å². The maximum Gasteiger partial charge on any atom is 0.237 e. The average Bonchev–Trinajstić information content (AvgIpc) is 2.36. The van der Waals surface area contributed by atoms with Gasteiger partial charge in [0.2, 0.25) is 5.91 Å². The molecule has 0 saturated carbocycles. The minimum atomic E-state index is -0.598. The van der Waals surface area contributed by atoms with Gasteiger partial charge in [0.25, 0.3) is 0 Å². The second kappa shape index (κ2) is 5.37. The van der Waals surface area contributed by atoms with Crippen LogP contribution in [0.25, 0.3) is 0 Å². The Morgan fingerprint density at radius 2 is 2.17 bits per heavy atom. The number of carbonyl (C=O) groups excluding carboxylic acids is 1. The molecule has 1 aromatic carbocycles. The summed E-state index contributed by atoms with van der Waals surface area (Å²) < 4.78 is 0. The Bertz CT molecular complexity index is 419. The standard InChI is InChI=1S/C13H19N3O2/c1-9-13(18)15-6-7-16(9)8-12(17)10-2-4-11(14)5-3-10/h2-5,9,12,17H,6-8,14H2,1H3,(H,15,18). The zero-order valence-electron chi connectivity index (χ0n) is 10.5. The first-order chi connectivity index (χ1) is 8.58. The molecule has 4 N–H and O–H groups in total. The van der Waals surface area contributed by atoms with E-state index in [1.165, 1.54) is 0 Å². The van der Waals surface area contributed by atoms with Crippen LogP contribution in [-0.2, 0) is 4.79 Å². The highest BCUT2D eigenvalue weighted by Gasteiger charge is 2.27. The van der Waals surface area contributed by atoms with Crippen molar-refractivity contribution in [2.75, 3.05) is 25.4 Å². The maximum atomic E-state index is 11.5. The number of hydrogen-bond donors (Lipinski definition) is 3. The van der Waals surface area contributed by atoms with Crippen LogP contribution in [0.15, 0.2) is 24.3 Å². The van der Waals surface area contributed by atoms with Crippen LogP contribution < -0.4 is 11.1 Å². The Morgan fingerprint density at radius 1 is 1.50 bits per heavy atom. The van der Waals surface area contributed by atoms with Crippen molar-refractivity contribution in [1.82, 2.24) is 10.2 Å². The van der Waals surface area contributed by atoms with Crippen LogP contribution >= 0.6 is 0 Å². The Morgan fingerprint density at radius 3 is 2.83 bits per heavy atom. The number of carbonyl (C=O) groups is 1. The predicted octanol–water partition coefficient (Wildman–Crippen LogP) is 0.123. The van der Waals surface area contributed by atoms with E-state index in [2.05, 4.69) is 5.32 Å². The van der Waals surface area contributed by atoms with Crippen LogP contribution in [0.2, 0.25) is 0 Å². The molecule has 1 saturated heterocycles. The molecule has 1 aliphatic rings. The molecule has 0 bridgehead atoms. The van der Waals surface area contributed by atoms with Gasteiger partial charge in [-0.3, -0.25) is 9.69 Å². The van der Waals surface area contributed by atoms with E-state index in [-0.39, 0.29) is 11.9 Å². The van der Waals surface area contributed by atoms with E-state index in [1.54, 1.807) is 12.1 Å². The van der Waals surface area contributed by atoms with Gasteiger partial charge in [0.15, 0.2) is 0 Å². The number of rotatable bonds is 3. The second-order valence-electron chi connectivity index (χ2n) is 4.64. The summed E-state index contributed by atoms with van der Waals surface area (Å²) in [7, 11) is 0. The number of anilines is 1. The molecule has 2 atom stereocenters. The summed E-state index contributed by atoms with van der Waals surface area (Å²) >= 11 is 0. The third kappa shape index (κ3) is 2.80. The number of hydrogen-bond acceptors (Lipinski definition) is 4. The molecule has 2 rings (SSSR count). The monoisotopic (exact) mass is 249 g/mol. The van der Waals surface area contributed by atoms with Crippen LogP contribution in [0.3, 0.4) is 0 Å². The molecule has 0 aromatic heterocycles. The zero-order chi connectivity index (χ0) is 13.1.